The number of nitrogens with zero attached hydrogens (tertiary/aromatic N) is 1. The monoisotopic (exact) mass is 459 g/mol. The van der Waals surface area contributed by atoms with Crippen LogP contribution in [0.4, 0.5) is 0 Å². The van der Waals surface area contributed by atoms with Crippen molar-refractivity contribution in [2.45, 2.75) is 50.5 Å². The van der Waals surface area contributed by atoms with E-state index in [0.717, 1.165) is 24.0 Å². The Hall–Kier alpha value is -2.04. The maximum absolute atomic E-state index is 13.6. The van der Waals surface area contributed by atoms with Crippen molar-refractivity contribution in [3.63, 3.8) is 0 Å². The summed E-state index contributed by atoms with van der Waals surface area (Å²) in [5.74, 6) is -1.10. The number of benzene rings is 2. The summed E-state index contributed by atoms with van der Waals surface area (Å²) in [5.41, 5.74) is 2.06. The average Bonchev–Trinajstić information content (AvgIpc) is 3.24. The topological polar surface area (TPSA) is 57.6 Å². The van der Waals surface area contributed by atoms with E-state index in [0.29, 0.717) is 28.9 Å². The largest absolute Gasteiger partial charge is 0.481 e. The average molecular weight is 460 g/mol. The molecule has 2 aromatic carbocycles. The predicted molar refractivity (Wildman–Crippen MR) is 122 cm³/mol. The minimum absolute atomic E-state index is 0.0386. The van der Waals surface area contributed by atoms with E-state index in [9.17, 15) is 14.7 Å². The third-order valence-electron chi connectivity index (χ3n) is 6.73. The molecule has 0 unspecified atom stereocenters. The lowest BCUT2D eigenvalue weighted by Gasteiger charge is -2.46. The van der Waals surface area contributed by atoms with Crippen LogP contribution in [-0.2, 0) is 9.59 Å². The third-order valence-corrected chi connectivity index (χ3v) is 7.21. The summed E-state index contributed by atoms with van der Waals surface area (Å²) < 4.78 is 0. The third kappa shape index (κ3) is 5.07. The molecule has 1 amide bonds. The molecule has 6 heteroatoms. The van der Waals surface area contributed by atoms with Crippen LogP contribution in [0.2, 0.25) is 10.0 Å². The number of piperidine rings is 1. The molecule has 2 aromatic rings. The van der Waals surface area contributed by atoms with Gasteiger partial charge in [-0.1, -0.05) is 60.3 Å². The molecule has 2 fully saturated rings. The number of carboxylic acids is 1. The fourth-order valence-electron chi connectivity index (χ4n) is 5.31. The summed E-state index contributed by atoms with van der Waals surface area (Å²) in [6.07, 6.45) is 4.94. The van der Waals surface area contributed by atoms with Crippen molar-refractivity contribution in [3.8, 4) is 0 Å². The molecule has 0 aromatic heterocycles. The zero-order chi connectivity index (χ0) is 22.0. The first kappa shape index (κ1) is 22.2. The number of hydrogen-bond acceptors (Lipinski definition) is 2. The fourth-order valence-corrected chi connectivity index (χ4v) is 5.63. The lowest BCUT2D eigenvalue weighted by molar-refractivity contribution is -0.150. The number of halogens is 2. The van der Waals surface area contributed by atoms with Gasteiger partial charge in [0.25, 0.3) is 0 Å². The minimum atomic E-state index is -0.936. The molecule has 2 aliphatic rings. The normalized spacial score (nSPS) is 24.5. The molecule has 1 N–H and O–H groups in total. The number of carbonyl (C=O) groups excluding carboxylic acids is 1. The van der Waals surface area contributed by atoms with Crippen molar-refractivity contribution in [2.75, 3.05) is 6.54 Å². The quantitative estimate of drug-likeness (QED) is 0.548. The van der Waals surface area contributed by atoms with Crippen molar-refractivity contribution in [2.24, 2.45) is 11.8 Å². The Morgan fingerprint density at radius 3 is 2.35 bits per heavy atom. The van der Waals surface area contributed by atoms with Crippen LogP contribution in [0, 0.1) is 11.8 Å². The Morgan fingerprint density at radius 1 is 1.00 bits per heavy atom. The van der Waals surface area contributed by atoms with E-state index in [-0.39, 0.29) is 24.3 Å². The summed E-state index contributed by atoms with van der Waals surface area (Å²) in [6, 6.07) is 15.2. The zero-order valence-corrected chi connectivity index (χ0v) is 18.9. The van der Waals surface area contributed by atoms with Gasteiger partial charge in [0, 0.05) is 28.4 Å². The summed E-state index contributed by atoms with van der Waals surface area (Å²) in [6.45, 7) is 0.666. The van der Waals surface area contributed by atoms with E-state index < -0.39 is 11.9 Å². The van der Waals surface area contributed by atoms with Gasteiger partial charge in [0.2, 0.25) is 5.91 Å². The number of likely N-dealkylation sites (tertiary alicyclic amines) is 1. The van der Waals surface area contributed by atoms with Crippen molar-refractivity contribution >= 4 is 35.1 Å². The maximum Gasteiger partial charge on any atom is 0.304 e. The Balaban J connectivity index is 1.78. The SMILES string of the molecule is O=C(O)C[C@@H]1C[C@H](c2cccc(Cl)c2)[C@@H](c2ccc(Cl)cc2)N(CC2CCCC2)C1=O. The molecule has 0 radical (unpaired) electrons. The molecular weight excluding hydrogens is 433 g/mol. The number of hydrogen-bond donors (Lipinski definition) is 1. The van der Waals surface area contributed by atoms with Crippen molar-refractivity contribution < 1.29 is 14.7 Å². The Kier molecular flexibility index (Phi) is 6.88. The lowest BCUT2D eigenvalue weighted by Crippen LogP contribution is -2.49. The highest BCUT2D eigenvalue weighted by molar-refractivity contribution is 6.30. The van der Waals surface area contributed by atoms with Gasteiger partial charge in [-0.05, 0) is 60.6 Å². The van der Waals surface area contributed by atoms with Gasteiger partial charge in [0.15, 0.2) is 0 Å². The van der Waals surface area contributed by atoms with Crippen LogP contribution in [0.5, 0.6) is 0 Å². The maximum atomic E-state index is 13.6. The number of amides is 1. The Bertz CT molecular complexity index is 940. The molecule has 1 saturated heterocycles. The fraction of sp³-hybridized carbons (Fsp3) is 0.440. The van der Waals surface area contributed by atoms with Crippen molar-refractivity contribution in [3.05, 3.63) is 69.7 Å². The molecule has 1 aliphatic heterocycles. The zero-order valence-electron chi connectivity index (χ0n) is 17.3. The van der Waals surface area contributed by atoms with Crippen LogP contribution in [0.3, 0.4) is 0 Å². The van der Waals surface area contributed by atoms with Crippen LogP contribution >= 0.6 is 23.2 Å². The summed E-state index contributed by atoms with van der Waals surface area (Å²) >= 11 is 12.5. The smallest absolute Gasteiger partial charge is 0.304 e. The molecule has 4 rings (SSSR count). The molecule has 31 heavy (non-hydrogen) atoms. The van der Waals surface area contributed by atoms with Crippen LogP contribution in [0.1, 0.15) is 61.6 Å². The molecule has 3 atom stereocenters. The first-order valence-corrected chi connectivity index (χ1v) is 11.7. The van der Waals surface area contributed by atoms with Gasteiger partial charge in [-0.25, -0.2) is 0 Å². The number of carboxylic acid groups (broad SMARTS) is 1. The summed E-state index contributed by atoms with van der Waals surface area (Å²) in [4.78, 5) is 27.1. The van der Waals surface area contributed by atoms with Crippen LogP contribution in [-0.4, -0.2) is 28.4 Å². The second kappa shape index (κ2) is 9.62. The summed E-state index contributed by atoms with van der Waals surface area (Å²) in [5, 5.41) is 10.8. The van der Waals surface area contributed by atoms with E-state index in [4.69, 9.17) is 23.2 Å². The molecule has 4 nitrogen and oxygen atoms in total. The standard InChI is InChI=1S/C25H27Cl2NO3/c26-20-10-8-17(9-11-20)24-22(18-6-3-7-21(27)12-18)13-19(14-23(29)30)25(31)28(24)15-16-4-1-2-5-16/h3,6-12,16,19,22,24H,1-2,4-5,13-15H2,(H,29,30)/t19-,22+,24+/m0/s1. The van der Waals surface area contributed by atoms with E-state index in [1.165, 1.54) is 12.8 Å². The van der Waals surface area contributed by atoms with Crippen LogP contribution in [0.15, 0.2) is 48.5 Å². The molecule has 1 saturated carbocycles. The number of carbonyl (C=O) groups is 2. The summed E-state index contributed by atoms with van der Waals surface area (Å²) in [7, 11) is 0. The van der Waals surface area contributed by atoms with E-state index in [1.54, 1.807) is 0 Å². The lowest BCUT2D eigenvalue weighted by atomic mass is 9.74. The highest BCUT2D eigenvalue weighted by Crippen LogP contribution is 2.47. The predicted octanol–water partition coefficient (Wildman–Crippen LogP) is 6.33. The molecular formula is C25H27Cl2NO3. The molecule has 1 aliphatic carbocycles. The van der Waals surface area contributed by atoms with Gasteiger partial charge in [0.1, 0.15) is 0 Å². The Labute approximate surface area is 193 Å². The van der Waals surface area contributed by atoms with Gasteiger partial charge < -0.3 is 10.0 Å². The van der Waals surface area contributed by atoms with Crippen molar-refractivity contribution in [1.29, 1.82) is 0 Å². The molecule has 1 heterocycles. The highest BCUT2D eigenvalue weighted by atomic mass is 35.5. The molecule has 0 bridgehead atoms. The second-order valence-electron chi connectivity index (χ2n) is 8.83. The number of aliphatic carboxylic acids is 1. The second-order valence-corrected chi connectivity index (χ2v) is 9.70. The minimum Gasteiger partial charge on any atom is -0.481 e. The van der Waals surface area contributed by atoms with E-state index >= 15 is 0 Å². The highest BCUT2D eigenvalue weighted by Gasteiger charge is 2.44. The van der Waals surface area contributed by atoms with Gasteiger partial charge in [0.05, 0.1) is 12.5 Å². The van der Waals surface area contributed by atoms with Gasteiger partial charge in [-0.3, -0.25) is 9.59 Å². The number of rotatable bonds is 6. The first-order chi connectivity index (χ1) is 14.9. The van der Waals surface area contributed by atoms with Gasteiger partial charge >= 0.3 is 5.97 Å². The van der Waals surface area contributed by atoms with Crippen molar-refractivity contribution in [1.82, 2.24) is 4.90 Å². The Morgan fingerprint density at radius 2 is 1.71 bits per heavy atom. The van der Waals surface area contributed by atoms with Crippen LogP contribution < -0.4 is 0 Å². The first-order valence-electron chi connectivity index (χ1n) is 11.0. The molecule has 164 valence electrons. The van der Waals surface area contributed by atoms with Gasteiger partial charge in [-0.2, -0.15) is 0 Å². The van der Waals surface area contributed by atoms with Crippen LogP contribution in [0.25, 0.3) is 0 Å². The van der Waals surface area contributed by atoms with Gasteiger partial charge in [-0.15, -0.1) is 0 Å². The van der Waals surface area contributed by atoms with E-state index in [2.05, 4.69) is 0 Å². The van der Waals surface area contributed by atoms with E-state index in [1.807, 2.05) is 53.4 Å². The molecule has 0 spiro atoms.